The first-order valence-corrected chi connectivity index (χ1v) is 13.4. The normalized spacial score (nSPS) is 18.7. The molecule has 0 aromatic heterocycles. The van der Waals surface area contributed by atoms with Crippen molar-refractivity contribution in [3.05, 3.63) is 78.4 Å². The van der Waals surface area contributed by atoms with Gasteiger partial charge >= 0.3 is 0 Å². The third-order valence-electron chi connectivity index (χ3n) is 5.78. The Balaban J connectivity index is 0.000000324. The number of nitrogens with zero attached hydrogens (tertiary/aromatic N) is 1. The van der Waals surface area contributed by atoms with Crippen molar-refractivity contribution in [2.24, 2.45) is 5.92 Å². The molecule has 2 aliphatic rings. The average Bonchev–Trinajstić information content (AvgIpc) is 3.31. The number of thioether (sulfide) groups is 1. The molecule has 2 atom stereocenters. The molecule has 188 valence electrons. The molecule has 2 heterocycles. The summed E-state index contributed by atoms with van der Waals surface area (Å²) in [6, 6.07) is 22.2. The lowest BCUT2D eigenvalue weighted by atomic mass is 10.1. The minimum atomic E-state index is 0.0252. The maximum atomic E-state index is 9.57. The molecule has 6 heteroatoms. The van der Waals surface area contributed by atoms with Gasteiger partial charge in [-0.2, -0.15) is 0 Å². The fourth-order valence-electron chi connectivity index (χ4n) is 3.95. The van der Waals surface area contributed by atoms with E-state index >= 15 is 0 Å². The van der Waals surface area contributed by atoms with Crippen LogP contribution in [0.25, 0.3) is 0 Å². The fraction of sp³-hybridized carbons (Fsp3) is 0.379. The number of phenolic OH excluding ortho intramolecular Hbond substituents is 2. The molecule has 0 saturated carbocycles. The second kappa shape index (κ2) is 13.9. The molecular weight excluding hydrogens is 458 g/mol. The zero-order valence-corrected chi connectivity index (χ0v) is 21.7. The average molecular weight is 496 g/mol. The maximum absolute atomic E-state index is 9.57. The first-order chi connectivity index (χ1) is 17.1. The van der Waals surface area contributed by atoms with Crippen molar-refractivity contribution in [1.29, 1.82) is 0 Å². The van der Waals surface area contributed by atoms with E-state index in [1.807, 2.05) is 38.1 Å². The maximum Gasteiger partial charge on any atom is 0.134 e. The summed E-state index contributed by atoms with van der Waals surface area (Å²) in [6.07, 6.45) is 1.33. The van der Waals surface area contributed by atoms with E-state index in [0.717, 1.165) is 46.8 Å². The van der Waals surface area contributed by atoms with Crippen LogP contribution in [0.5, 0.6) is 23.0 Å². The molecule has 0 unspecified atom stereocenters. The number of benzene rings is 3. The molecule has 0 amide bonds. The second-order valence-corrected chi connectivity index (χ2v) is 9.56. The summed E-state index contributed by atoms with van der Waals surface area (Å²) in [6.45, 7) is 10.4. The highest BCUT2D eigenvalue weighted by atomic mass is 32.2. The van der Waals surface area contributed by atoms with E-state index in [0.29, 0.717) is 5.75 Å². The van der Waals surface area contributed by atoms with E-state index in [-0.39, 0.29) is 11.9 Å². The van der Waals surface area contributed by atoms with Crippen LogP contribution in [0, 0.1) is 5.92 Å². The number of rotatable bonds is 5. The predicted molar refractivity (Wildman–Crippen MR) is 144 cm³/mol. The van der Waals surface area contributed by atoms with Gasteiger partial charge in [0.1, 0.15) is 35.7 Å². The Labute approximate surface area is 213 Å². The Morgan fingerprint density at radius 2 is 1.71 bits per heavy atom. The number of phenols is 2. The van der Waals surface area contributed by atoms with Gasteiger partial charge in [-0.05, 0) is 66.9 Å². The first kappa shape index (κ1) is 26.8. The highest BCUT2D eigenvalue weighted by molar-refractivity contribution is 7.99. The topological polar surface area (TPSA) is 62.2 Å². The Morgan fingerprint density at radius 3 is 2.34 bits per heavy atom. The van der Waals surface area contributed by atoms with Gasteiger partial charge in [-0.15, -0.1) is 11.8 Å². The quantitative estimate of drug-likeness (QED) is 0.408. The lowest BCUT2D eigenvalue weighted by molar-refractivity contribution is 0.219. The van der Waals surface area contributed by atoms with Gasteiger partial charge in [-0.25, -0.2) is 0 Å². The van der Waals surface area contributed by atoms with Gasteiger partial charge in [0, 0.05) is 18.8 Å². The molecule has 0 radical (unpaired) electrons. The van der Waals surface area contributed by atoms with Crippen LogP contribution in [0.1, 0.15) is 38.9 Å². The van der Waals surface area contributed by atoms with Crippen molar-refractivity contribution in [1.82, 2.24) is 4.90 Å². The van der Waals surface area contributed by atoms with Gasteiger partial charge in [-0.1, -0.05) is 51.1 Å². The summed E-state index contributed by atoms with van der Waals surface area (Å²) in [5.41, 5.74) is 1.15. The van der Waals surface area contributed by atoms with Gasteiger partial charge < -0.3 is 19.7 Å². The van der Waals surface area contributed by atoms with Gasteiger partial charge in [0.2, 0.25) is 0 Å². The van der Waals surface area contributed by atoms with E-state index in [9.17, 15) is 5.11 Å². The minimum Gasteiger partial charge on any atom is -0.508 e. The molecule has 0 spiro atoms. The van der Waals surface area contributed by atoms with E-state index in [2.05, 4.69) is 24.0 Å². The molecule has 35 heavy (non-hydrogen) atoms. The number of hydrogen-bond acceptors (Lipinski definition) is 6. The van der Waals surface area contributed by atoms with Crippen LogP contribution < -0.4 is 9.47 Å². The molecule has 0 aliphatic carbocycles. The number of ether oxygens (including phenoxy) is 2. The van der Waals surface area contributed by atoms with Crippen molar-refractivity contribution < 1.29 is 19.7 Å². The molecule has 2 N–H and O–H groups in total. The Morgan fingerprint density at radius 1 is 0.971 bits per heavy atom. The molecule has 0 bridgehead atoms. The molecule has 1 fully saturated rings. The van der Waals surface area contributed by atoms with Crippen LogP contribution in [-0.2, 0) is 0 Å². The molecule has 5 rings (SSSR count). The van der Waals surface area contributed by atoms with E-state index in [1.165, 1.54) is 19.5 Å². The summed E-state index contributed by atoms with van der Waals surface area (Å²) in [4.78, 5) is 3.47. The number of likely N-dealkylation sites (tertiary alicyclic amines) is 1. The van der Waals surface area contributed by atoms with Crippen LogP contribution >= 0.6 is 11.8 Å². The number of para-hydroxylation sites is 1. The van der Waals surface area contributed by atoms with Gasteiger partial charge in [0.15, 0.2) is 0 Å². The van der Waals surface area contributed by atoms with Crippen molar-refractivity contribution in [3.8, 4) is 23.0 Å². The molecule has 3 aromatic carbocycles. The van der Waals surface area contributed by atoms with Gasteiger partial charge in [0.05, 0.1) is 4.90 Å². The molecule has 3 aromatic rings. The summed E-state index contributed by atoms with van der Waals surface area (Å²) >= 11 is 1.72. The molecular formula is C29H37NO4S. The summed E-state index contributed by atoms with van der Waals surface area (Å²) < 4.78 is 12.0. The monoisotopic (exact) mass is 495 g/mol. The van der Waals surface area contributed by atoms with Crippen LogP contribution in [0.2, 0.25) is 0 Å². The van der Waals surface area contributed by atoms with E-state index in [4.69, 9.17) is 14.6 Å². The van der Waals surface area contributed by atoms with E-state index < -0.39 is 0 Å². The summed E-state index contributed by atoms with van der Waals surface area (Å²) in [5, 5.41) is 18.2. The predicted octanol–water partition coefficient (Wildman–Crippen LogP) is 6.76. The van der Waals surface area contributed by atoms with E-state index in [1.54, 1.807) is 48.2 Å². The molecule has 1 saturated heterocycles. The third kappa shape index (κ3) is 8.41. The fourth-order valence-corrected chi connectivity index (χ4v) is 5.01. The second-order valence-electron chi connectivity index (χ2n) is 8.50. The van der Waals surface area contributed by atoms with Crippen LogP contribution in [0.3, 0.4) is 0 Å². The van der Waals surface area contributed by atoms with Crippen LogP contribution in [0.4, 0.5) is 0 Å². The van der Waals surface area contributed by atoms with Crippen molar-refractivity contribution >= 4 is 11.8 Å². The number of hydrogen-bond donors (Lipinski definition) is 2. The van der Waals surface area contributed by atoms with Gasteiger partial charge in [0.25, 0.3) is 0 Å². The first-order valence-electron chi connectivity index (χ1n) is 12.4. The lowest BCUT2D eigenvalue weighted by Gasteiger charge is -2.26. The zero-order chi connectivity index (χ0) is 25.0. The van der Waals surface area contributed by atoms with Crippen LogP contribution in [-0.4, -0.2) is 47.1 Å². The van der Waals surface area contributed by atoms with Crippen LogP contribution in [0.15, 0.2) is 77.7 Å². The largest absolute Gasteiger partial charge is 0.508 e. The van der Waals surface area contributed by atoms with Crippen molar-refractivity contribution in [3.63, 3.8) is 0 Å². The van der Waals surface area contributed by atoms with Crippen molar-refractivity contribution in [2.45, 2.75) is 38.2 Å². The molecule has 5 nitrogen and oxygen atoms in total. The highest BCUT2D eigenvalue weighted by Crippen LogP contribution is 2.42. The zero-order valence-electron chi connectivity index (χ0n) is 20.9. The summed E-state index contributed by atoms with van der Waals surface area (Å²) in [7, 11) is 0. The summed E-state index contributed by atoms with van der Waals surface area (Å²) in [5.74, 6) is 4.01. The Kier molecular flexibility index (Phi) is 10.6. The minimum absolute atomic E-state index is 0.0252. The smallest absolute Gasteiger partial charge is 0.134 e. The number of fused-ring (bicyclic) bond motifs is 1. The Hall–Kier alpha value is -2.83. The van der Waals surface area contributed by atoms with Crippen molar-refractivity contribution in [2.75, 3.05) is 32.0 Å². The highest BCUT2D eigenvalue weighted by Gasteiger charge is 2.22. The molecule has 2 aliphatic heterocycles. The standard InChI is InChI=1S/C21H25NO3S.C6H6O.C2H6/c1-15-8-9-22(13-15)10-11-24-18-5-2-16(3-6-18)20-14-26-21-12-17(23)4-7-19(21)25-20;7-6-4-2-1-3-5-6;1-2/h2-7,12,15,20,23H,8-11,13-14H2,1H3;1-5,7H;1-2H3/t15-,20-;;/m1../s1. The Bertz CT molecular complexity index is 1010. The lowest BCUT2D eigenvalue weighted by Crippen LogP contribution is -2.25. The third-order valence-corrected chi connectivity index (χ3v) is 6.88. The van der Waals surface area contributed by atoms with Gasteiger partial charge in [-0.3, -0.25) is 4.90 Å². The number of aromatic hydroxyl groups is 2. The SMILES string of the molecule is CC.C[C@@H]1CCN(CCOc2ccc([C@H]3CSc4cc(O)ccc4O3)cc2)C1.Oc1ccccc1.